The molecule has 1 aromatic rings. The number of rotatable bonds is 1. The van der Waals surface area contributed by atoms with E-state index in [0.29, 0.717) is 17.5 Å². The molecule has 1 aromatic heterocycles. The van der Waals surface area contributed by atoms with E-state index in [4.69, 9.17) is 11.6 Å². The molecule has 2 fully saturated rings. The summed E-state index contributed by atoms with van der Waals surface area (Å²) in [6.07, 6.45) is 6.59. The number of anilines is 1. The number of nitrogens with zero attached hydrogens (tertiary/aromatic N) is 2. The van der Waals surface area contributed by atoms with Crippen LogP contribution in [0.1, 0.15) is 25.7 Å². The average Bonchev–Trinajstić information content (AvgIpc) is 2.53. The highest BCUT2D eigenvalue weighted by Gasteiger charge is 2.41. The number of piperidine rings is 1. The molecule has 2 aliphatic heterocycles. The van der Waals surface area contributed by atoms with Gasteiger partial charge in [0.1, 0.15) is 5.82 Å². The largest absolute Gasteiger partial charge is 0.350 e. The molecule has 0 aromatic carbocycles. The van der Waals surface area contributed by atoms with Gasteiger partial charge >= 0.3 is 0 Å². The van der Waals surface area contributed by atoms with Crippen molar-refractivity contribution in [2.75, 3.05) is 4.90 Å². The molecule has 3 rings (SSSR count). The van der Waals surface area contributed by atoms with Gasteiger partial charge in [-0.05, 0) is 53.7 Å². The summed E-state index contributed by atoms with van der Waals surface area (Å²) in [7, 11) is 0. The Labute approximate surface area is 109 Å². The quantitative estimate of drug-likeness (QED) is 0.737. The van der Waals surface area contributed by atoms with Gasteiger partial charge in [-0.15, -0.1) is 11.6 Å². The summed E-state index contributed by atoms with van der Waals surface area (Å²) in [4.78, 5) is 6.98. The molecule has 2 atom stereocenters. The molecule has 0 spiro atoms. The van der Waals surface area contributed by atoms with Crippen molar-refractivity contribution < 1.29 is 0 Å². The highest BCUT2D eigenvalue weighted by Crippen LogP contribution is 2.42. The first-order chi connectivity index (χ1) is 7.75. The maximum atomic E-state index is 6.28. The van der Waals surface area contributed by atoms with Gasteiger partial charge in [-0.25, -0.2) is 4.98 Å². The molecule has 0 amide bonds. The van der Waals surface area contributed by atoms with E-state index in [0.717, 1.165) is 23.1 Å². The van der Waals surface area contributed by atoms with E-state index in [2.05, 4.69) is 31.9 Å². The SMILES string of the molecule is ClC1CC2CCC(C1)N2c1ncccc1Br. The van der Waals surface area contributed by atoms with E-state index in [1.54, 1.807) is 0 Å². The van der Waals surface area contributed by atoms with Crippen molar-refractivity contribution in [1.29, 1.82) is 0 Å². The molecule has 2 saturated heterocycles. The summed E-state index contributed by atoms with van der Waals surface area (Å²) < 4.78 is 1.10. The van der Waals surface area contributed by atoms with Crippen LogP contribution < -0.4 is 4.90 Å². The van der Waals surface area contributed by atoms with Gasteiger partial charge in [0.25, 0.3) is 0 Å². The molecule has 4 heteroatoms. The Bertz CT molecular complexity index is 384. The van der Waals surface area contributed by atoms with E-state index >= 15 is 0 Å². The molecular weight excluding hydrogens is 288 g/mol. The monoisotopic (exact) mass is 300 g/mol. The van der Waals surface area contributed by atoms with Crippen molar-refractivity contribution >= 4 is 33.3 Å². The summed E-state index contributed by atoms with van der Waals surface area (Å²) in [6.45, 7) is 0. The maximum Gasteiger partial charge on any atom is 0.143 e. The second kappa shape index (κ2) is 4.19. The zero-order valence-electron chi connectivity index (χ0n) is 8.94. The minimum atomic E-state index is 0.358. The molecule has 0 aliphatic carbocycles. The van der Waals surface area contributed by atoms with E-state index < -0.39 is 0 Å². The lowest BCUT2D eigenvalue weighted by Gasteiger charge is -2.38. The zero-order chi connectivity index (χ0) is 11.1. The van der Waals surface area contributed by atoms with E-state index in [-0.39, 0.29) is 0 Å². The lowest BCUT2D eigenvalue weighted by molar-refractivity contribution is 0.470. The summed E-state index contributed by atoms with van der Waals surface area (Å²) in [5.74, 6) is 1.10. The van der Waals surface area contributed by atoms with Crippen LogP contribution in [0.15, 0.2) is 22.8 Å². The molecule has 2 bridgehead atoms. The number of aromatic nitrogens is 1. The first-order valence-electron chi connectivity index (χ1n) is 5.78. The van der Waals surface area contributed by atoms with Crippen molar-refractivity contribution in [2.24, 2.45) is 0 Å². The molecule has 0 saturated carbocycles. The van der Waals surface area contributed by atoms with E-state index in [1.807, 2.05) is 12.3 Å². The first kappa shape index (κ1) is 10.8. The third kappa shape index (κ3) is 1.74. The van der Waals surface area contributed by atoms with Crippen LogP contribution in [0, 0.1) is 0 Å². The summed E-state index contributed by atoms with van der Waals surface area (Å²) in [5.41, 5.74) is 0. The highest BCUT2D eigenvalue weighted by atomic mass is 79.9. The van der Waals surface area contributed by atoms with Crippen LogP contribution >= 0.6 is 27.5 Å². The van der Waals surface area contributed by atoms with Gasteiger partial charge in [0.2, 0.25) is 0 Å². The minimum absolute atomic E-state index is 0.358. The number of halogens is 2. The molecule has 0 radical (unpaired) electrons. The van der Waals surface area contributed by atoms with Gasteiger partial charge in [0.05, 0.1) is 4.47 Å². The van der Waals surface area contributed by atoms with Crippen molar-refractivity contribution in [1.82, 2.24) is 4.98 Å². The first-order valence-corrected chi connectivity index (χ1v) is 7.01. The lowest BCUT2D eigenvalue weighted by atomic mass is 10.0. The number of pyridine rings is 1. The molecule has 0 N–H and O–H groups in total. The number of fused-ring (bicyclic) bond motifs is 2. The molecule has 86 valence electrons. The Hall–Kier alpha value is -0.280. The van der Waals surface area contributed by atoms with Crippen LogP contribution in [-0.4, -0.2) is 22.4 Å². The molecular formula is C12H14BrClN2. The van der Waals surface area contributed by atoms with E-state index in [1.165, 1.54) is 12.8 Å². The van der Waals surface area contributed by atoms with Crippen LogP contribution in [0.4, 0.5) is 5.82 Å². The summed E-state index contributed by atoms with van der Waals surface area (Å²) in [5, 5.41) is 0.358. The van der Waals surface area contributed by atoms with E-state index in [9.17, 15) is 0 Å². The predicted octanol–water partition coefficient (Wildman–Crippen LogP) is 3.58. The molecule has 16 heavy (non-hydrogen) atoms. The van der Waals surface area contributed by atoms with Crippen LogP contribution in [0.2, 0.25) is 0 Å². The van der Waals surface area contributed by atoms with Gasteiger partial charge in [-0.1, -0.05) is 0 Å². The molecule has 3 heterocycles. The maximum absolute atomic E-state index is 6.28. The van der Waals surface area contributed by atoms with Crippen molar-refractivity contribution in [3.63, 3.8) is 0 Å². The third-order valence-corrected chi connectivity index (χ3v) is 4.63. The topological polar surface area (TPSA) is 16.1 Å². The van der Waals surface area contributed by atoms with Gasteiger partial charge < -0.3 is 4.90 Å². The molecule has 2 nitrogen and oxygen atoms in total. The van der Waals surface area contributed by atoms with Crippen molar-refractivity contribution in [3.05, 3.63) is 22.8 Å². The van der Waals surface area contributed by atoms with Crippen LogP contribution in [-0.2, 0) is 0 Å². The van der Waals surface area contributed by atoms with Crippen molar-refractivity contribution in [2.45, 2.75) is 43.1 Å². The standard InChI is InChI=1S/C12H14BrClN2/c13-11-2-1-5-15-12(11)16-9-3-4-10(16)7-8(14)6-9/h1-2,5,8-10H,3-4,6-7H2. The molecule has 2 unspecified atom stereocenters. The van der Waals surface area contributed by atoms with Crippen LogP contribution in [0.5, 0.6) is 0 Å². The lowest BCUT2D eigenvalue weighted by Crippen LogP contribution is -2.44. The molecule has 2 aliphatic rings. The Kier molecular flexibility index (Phi) is 2.84. The van der Waals surface area contributed by atoms with Gasteiger partial charge in [-0.3, -0.25) is 0 Å². The Morgan fingerprint density at radius 3 is 2.62 bits per heavy atom. The highest BCUT2D eigenvalue weighted by molar-refractivity contribution is 9.10. The number of hydrogen-bond acceptors (Lipinski definition) is 2. The summed E-state index contributed by atoms with van der Waals surface area (Å²) in [6, 6.07) is 5.21. The van der Waals surface area contributed by atoms with Gasteiger partial charge in [-0.2, -0.15) is 0 Å². The van der Waals surface area contributed by atoms with Crippen LogP contribution in [0.25, 0.3) is 0 Å². The normalized spacial score (nSPS) is 33.1. The summed E-state index contributed by atoms with van der Waals surface area (Å²) >= 11 is 9.87. The fourth-order valence-corrected chi connectivity index (χ4v) is 3.89. The second-order valence-corrected chi connectivity index (χ2v) is 6.14. The van der Waals surface area contributed by atoms with Gasteiger partial charge in [0.15, 0.2) is 0 Å². The van der Waals surface area contributed by atoms with Crippen molar-refractivity contribution in [3.8, 4) is 0 Å². The fraction of sp³-hybridized carbons (Fsp3) is 0.583. The Morgan fingerprint density at radius 2 is 2.00 bits per heavy atom. The number of alkyl halides is 1. The third-order valence-electron chi connectivity index (χ3n) is 3.66. The Morgan fingerprint density at radius 1 is 1.31 bits per heavy atom. The van der Waals surface area contributed by atoms with Crippen LogP contribution in [0.3, 0.4) is 0 Å². The zero-order valence-corrected chi connectivity index (χ0v) is 11.3. The minimum Gasteiger partial charge on any atom is -0.350 e. The average molecular weight is 302 g/mol. The number of hydrogen-bond donors (Lipinski definition) is 0. The second-order valence-electron chi connectivity index (χ2n) is 4.67. The fourth-order valence-electron chi connectivity index (χ4n) is 3.02. The Balaban J connectivity index is 1.94. The smallest absolute Gasteiger partial charge is 0.143 e. The predicted molar refractivity (Wildman–Crippen MR) is 70.1 cm³/mol. The van der Waals surface area contributed by atoms with Gasteiger partial charge in [0, 0.05) is 23.7 Å².